The van der Waals surface area contributed by atoms with Gasteiger partial charge >= 0.3 is 0 Å². The molecule has 1 aromatic carbocycles. The first-order valence-electron chi connectivity index (χ1n) is 7.19. The van der Waals surface area contributed by atoms with Crippen molar-refractivity contribution in [3.63, 3.8) is 0 Å². The molecule has 2 aromatic rings. The summed E-state index contributed by atoms with van der Waals surface area (Å²) in [7, 11) is 0. The molecule has 0 radical (unpaired) electrons. The van der Waals surface area contributed by atoms with Crippen LogP contribution in [0.1, 0.15) is 19.2 Å². The van der Waals surface area contributed by atoms with E-state index < -0.39 is 0 Å². The Hall–Kier alpha value is -1.44. The molecule has 0 aliphatic carbocycles. The largest absolute Gasteiger partial charge is 0.421 e. The molecule has 0 spiro atoms. The zero-order chi connectivity index (χ0) is 16.4. The summed E-state index contributed by atoms with van der Waals surface area (Å²) < 4.78 is 6.26. The molecule has 2 heterocycles. The highest BCUT2D eigenvalue weighted by Crippen LogP contribution is 2.30. The summed E-state index contributed by atoms with van der Waals surface area (Å²) in [5.74, 6) is 0.899. The minimum atomic E-state index is -0.0659. The maximum atomic E-state index is 12.2. The molecule has 8 heteroatoms. The lowest BCUT2D eigenvalue weighted by Crippen LogP contribution is -2.33. The lowest BCUT2D eigenvalue weighted by Gasteiger charge is -2.13. The zero-order valence-electron chi connectivity index (χ0n) is 12.4. The van der Waals surface area contributed by atoms with E-state index >= 15 is 0 Å². The molecule has 1 fully saturated rings. The monoisotopic (exact) mass is 367 g/mol. The summed E-state index contributed by atoms with van der Waals surface area (Å²) in [4.78, 5) is 13.8. The Balaban J connectivity index is 1.68. The van der Waals surface area contributed by atoms with Crippen LogP contribution in [0.5, 0.6) is 0 Å². The minimum absolute atomic E-state index is 0.0633. The highest BCUT2D eigenvalue weighted by molar-refractivity contribution is 8.24. The first-order valence-corrected chi connectivity index (χ1v) is 8.86. The number of hydrogen-bond acceptors (Lipinski definition) is 6. The fourth-order valence-corrected chi connectivity index (χ4v) is 3.96. The number of carbonyl (C=O) groups is 1. The van der Waals surface area contributed by atoms with Gasteiger partial charge in [0.05, 0.1) is 15.8 Å². The Morgan fingerprint density at radius 3 is 2.87 bits per heavy atom. The van der Waals surface area contributed by atoms with Crippen molar-refractivity contribution in [2.45, 2.75) is 25.0 Å². The molecular weight excluding hydrogens is 354 g/mol. The number of thioether (sulfide) groups is 1. The van der Waals surface area contributed by atoms with E-state index in [2.05, 4.69) is 10.2 Å². The Morgan fingerprint density at radius 1 is 1.39 bits per heavy atom. The van der Waals surface area contributed by atoms with Gasteiger partial charge in [0.2, 0.25) is 17.7 Å². The van der Waals surface area contributed by atoms with E-state index in [0.29, 0.717) is 39.7 Å². The molecule has 23 heavy (non-hydrogen) atoms. The van der Waals surface area contributed by atoms with Gasteiger partial charge in [0.15, 0.2) is 0 Å². The summed E-state index contributed by atoms with van der Waals surface area (Å²) in [5.41, 5.74) is 0.697. The molecule has 1 atom stereocenters. The van der Waals surface area contributed by atoms with E-state index in [1.54, 1.807) is 11.0 Å². The summed E-state index contributed by atoms with van der Waals surface area (Å²) in [5, 5.41) is 8.53. The molecule has 120 valence electrons. The summed E-state index contributed by atoms with van der Waals surface area (Å²) >= 11 is 12.8. The minimum Gasteiger partial charge on any atom is -0.421 e. The van der Waals surface area contributed by atoms with Crippen LogP contribution in [-0.2, 0) is 11.2 Å². The van der Waals surface area contributed by atoms with Gasteiger partial charge in [-0.2, -0.15) is 0 Å². The first kappa shape index (κ1) is 16.4. The van der Waals surface area contributed by atoms with Gasteiger partial charge in [0.1, 0.15) is 4.32 Å². The van der Waals surface area contributed by atoms with Crippen molar-refractivity contribution >= 4 is 45.8 Å². The normalized spacial score (nSPS) is 18.0. The first-order chi connectivity index (χ1) is 11.1. The Labute approximate surface area is 148 Å². The van der Waals surface area contributed by atoms with Crippen LogP contribution < -0.4 is 0 Å². The SMILES string of the molecule is CCC1SC(=S)N(CCc2nnc(-c3ccccc3Cl)o2)C1=O. The molecule has 1 aliphatic heterocycles. The molecule has 0 N–H and O–H groups in total. The van der Waals surface area contributed by atoms with Gasteiger partial charge in [-0.1, -0.05) is 54.6 Å². The van der Waals surface area contributed by atoms with Gasteiger partial charge in [-0.05, 0) is 18.6 Å². The molecule has 0 saturated carbocycles. The molecule has 1 amide bonds. The van der Waals surface area contributed by atoms with Crippen LogP contribution in [0.15, 0.2) is 28.7 Å². The molecular formula is C15H14ClN3O2S2. The number of thiocarbonyl (C=S) groups is 1. The maximum absolute atomic E-state index is 12.2. The van der Waals surface area contributed by atoms with Gasteiger partial charge < -0.3 is 4.42 Å². The van der Waals surface area contributed by atoms with Crippen LogP contribution in [0, 0.1) is 0 Å². The average molecular weight is 368 g/mol. The molecule has 1 aliphatic rings. The second-order valence-electron chi connectivity index (χ2n) is 5.00. The topological polar surface area (TPSA) is 59.2 Å². The number of rotatable bonds is 5. The fourth-order valence-electron chi connectivity index (χ4n) is 2.26. The van der Waals surface area contributed by atoms with Crippen LogP contribution in [-0.4, -0.2) is 37.1 Å². The van der Waals surface area contributed by atoms with E-state index in [1.807, 2.05) is 25.1 Å². The van der Waals surface area contributed by atoms with Crippen molar-refractivity contribution in [2.24, 2.45) is 0 Å². The van der Waals surface area contributed by atoms with Crippen LogP contribution in [0.3, 0.4) is 0 Å². The summed E-state index contributed by atoms with van der Waals surface area (Å²) in [6.45, 7) is 2.43. The van der Waals surface area contributed by atoms with Crippen molar-refractivity contribution in [3.8, 4) is 11.5 Å². The number of hydrogen-bond donors (Lipinski definition) is 0. The zero-order valence-corrected chi connectivity index (χ0v) is 14.7. The predicted molar refractivity (Wildman–Crippen MR) is 94.4 cm³/mol. The molecule has 5 nitrogen and oxygen atoms in total. The molecule has 0 bridgehead atoms. The molecule has 1 unspecified atom stereocenters. The Kier molecular flexibility index (Phi) is 4.99. The van der Waals surface area contributed by atoms with Gasteiger partial charge in [0.25, 0.3) is 0 Å². The molecule has 1 saturated heterocycles. The maximum Gasteiger partial charge on any atom is 0.249 e. The number of aromatic nitrogens is 2. The van der Waals surface area contributed by atoms with E-state index in [1.165, 1.54) is 11.8 Å². The second-order valence-corrected chi connectivity index (χ2v) is 7.25. The Bertz CT molecular complexity index is 750. The molecule has 1 aromatic heterocycles. The third-order valence-electron chi connectivity index (χ3n) is 3.50. The molecule has 3 rings (SSSR count). The lowest BCUT2D eigenvalue weighted by atomic mass is 10.2. The number of carbonyl (C=O) groups excluding carboxylic acids is 1. The highest BCUT2D eigenvalue weighted by Gasteiger charge is 2.35. The third kappa shape index (κ3) is 3.41. The number of nitrogens with zero attached hydrogens (tertiary/aromatic N) is 3. The van der Waals surface area contributed by atoms with Crippen molar-refractivity contribution in [1.82, 2.24) is 15.1 Å². The van der Waals surface area contributed by atoms with Crippen molar-refractivity contribution in [3.05, 3.63) is 35.2 Å². The van der Waals surface area contributed by atoms with E-state index in [-0.39, 0.29) is 11.2 Å². The smallest absolute Gasteiger partial charge is 0.249 e. The van der Waals surface area contributed by atoms with Crippen LogP contribution in [0.2, 0.25) is 5.02 Å². The standard InChI is InChI=1S/C15H14ClN3O2S2/c1-2-11-14(20)19(15(22)23-11)8-7-12-17-18-13(21-12)9-5-3-4-6-10(9)16/h3-6,11H,2,7-8H2,1H3. The number of benzene rings is 1. The van der Waals surface area contributed by atoms with Crippen LogP contribution in [0.25, 0.3) is 11.5 Å². The van der Waals surface area contributed by atoms with Crippen molar-refractivity contribution < 1.29 is 9.21 Å². The summed E-state index contributed by atoms with van der Waals surface area (Å²) in [6.07, 6.45) is 1.23. The van der Waals surface area contributed by atoms with Crippen molar-refractivity contribution in [1.29, 1.82) is 0 Å². The number of amides is 1. The van der Waals surface area contributed by atoms with E-state index in [9.17, 15) is 4.79 Å². The lowest BCUT2D eigenvalue weighted by molar-refractivity contribution is -0.126. The second kappa shape index (κ2) is 6.98. The average Bonchev–Trinajstić information content (AvgIpc) is 3.11. The van der Waals surface area contributed by atoms with Crippen LogP contribution in [0.4, 0.5) is 0 Å². The van der Waals surface area contributed by atoms with E-state index in [0.717, 1.165) is 6.42 Å². The highest BCUT2D eigenvalue weighted by atomic mass is 35.5. The fraction of sp³-hybridized carbons (Fsp3) is 0.333. The number of halogens is 1. The predicted octanol–water partition coefficient (Wildman–Crippen LogP) is 3.57. The van der Waals surface area contributed by atoms with Crippen LogP contribution >= 0.6 is 35.6 Å². The quantitative estimate of drug-likeness (QED) is 0.753. The van der Waals surface area contributed by atoms with Gasteiger partial charge in [-0.25, -0.2) is 0 Å². The van der Waals surface area contributed by atoms with Crippen molar-refractivity contribution in [2.75, 3.05) is 6.54 Å². The van der Waals surface area contributed by atoms with Gasteiger partial charge in [-0.3, -0.25) is 9.69 Å². The van der Waals surface area contributed by atoms with Gasteiger partial charge in [-0.15, -0.1) is 10.2 Å². The van der Waals surface area contributed by atoms with Gasteiger partial charge in [0, 0.05) is 13.0 Å². The van der Waals surface area contributed by atoms with E-state index in [4.69, 9.17) is 28.2 Å². The summed E-state index contributed by atoms with van der Waals surface area (Å²) in [6, 6.07) is 7.28. The third-order valence-corrected chi connectivity index (χ3v) is 5.58. The Morgan fingerprint density at radius 2 is 2.17 bits per heavy atom.